The maximum Gasteiger partial charge on any atom is 0.0931 e. The minimum atomic E-state index is 0.223. The minimum absolute atomic E-state index is 0.223. The molecule has 96 valence electrons. The summed E-state index contributed by atoms with van der Waals surface area (Å²) in [5.41, 5.74) is 2.58. The molecular weight excluding hydrogens is 330 g/mol. The lowest BCUT2D eigenvalue weighted by Crippen LogP contribution is -2.21. The topological polar surface area (TPSA) is 12.0 Å². The van der Waals surface area contributed by atoms with Gasteiger partial charge in [-0.3, -0.25) is 0 Å². The highest BCUT2D eigenvalue weighted by atomic mass is 79.9. The molecule has 1 nitrogen and oxygen atoms in total. The van der Waals surface area contributed by atoms with Gasteiger partial charge in [-0.05, 0) is 48.9 Å². The second-order valence-electron chi connectivity index (χ2n) is 4.13. The first-order chi connectivity index (χ1) is 8.61. The molecule has 18 heavy (non-hydrogen) atoms. The molecule has 0 aliphatic carbocycles. The average molecular weight is 345 g/mol. The van der Waals surface area contributed by atoms with Crippen molar-refractivity contribution in [2.24, 2.45) is 0 Å². The number of nitrogens with one attached hydrogen (secondary N) is 1. The standard InChI is InChI=1S/C14H15BrClNS/c1-3-17-14(12-6-7-13(16)18-12)11-5-4-10(15)8-9(11)2/h4-8,14,17H,3H2,1-2H3. The number of hydrogen-bond donors (Lipinski definition) is 1. The van der Waals surface area contributed by atoms with Crippen molar-refractivity contribution in [3.05, 3.63) is 55.1 Å². The molecule has 2 aromatic rings. The highest BCUT2D eigenvalue weighted by Gasteiger charge is 2.17. The van der Waals surface area contributed by atoms with Crippen molar-refractivity contribution < 1.29 is 0 Å². The number of thiophene rings is 1. The van der Waals surface area contributed by atoms with Crippen LogP contribution in [0, 0.1) is 6.92 Å². The first-order valence-corrected chi connectivity index (χ1v) is 7.85. The Morgan fingerprint density at radius 1 is 1.33 bits per heavy atom. The zero-order chi connectivity index (χ0) is 13.1. The number of rotatable bonds is 4. The molecule has 0 radical (unpaired) electrons. The third kappa shape index (κ3) is 3.15. The van der Waals surface area contributed by atoms with Crippen molar-refractivity contribution >= 4 is 38.9 Å². The summed E-state index contributed by atoms with van der Waals surface area (Å²) in [6.07, 6.45) is 0. The summed E-state index contributed by atoms with van der Waals surface area (Å²) in [5.74, 6) is 0. The van der Waals surface area contributed by atoms with E-state index in [2.05, 4.69) is 59.4 Å². The molecule has 1 aromatic heterocycles. The lowest BCUT2D eigenvalue weighted by Gasteiger charge is -2.19. The van der Waals surface area contributed by atoms with E-state index in [1.165, 1.54) is 16.0 Å². The van der Waals surface area contributed by atoms with E-state index in [1.807, 2.05) is 6.07 Å². The van der Waals surface area contributed by atoms with Gasteiger partial charge in [-0.2, -0.15) is 0 Å². The monoisotopic (exact) mass is 343 g/mol. The number of halogens is 2. The van der Waals surface area contributed by atoms with Gasteiger partial charge in [-0.25, -0.2) is 0 Å². The SMILES string of the molecule is CCNC(c1ccc(Cl)s1)c1ccc(Br)cc1C. The third-order valence-corrected chi connectivity index (χ3v) is 4.62. The van der Waals surface area contributed by atoms with Crippen LogP contribution in [0.5, 0.6) is 0 Å². The van der Waals surface area contributed by atoms with Crippen LogP contribution in [0.1, 0.15) is 29.0 Å². The largest absolute Gasteiger partial charge is 0.306 e. The normalized spacial score (nSPS) is 12.7. The molecule has 0 amide bonds. The lowest BCUT2D eigenvalue weighted by molar-refractivity contribution is 0.636. The Kier molecular flexibility index (Phi) is 4.84. The Bertz CT molecular complexity index is 538. The van der Waals surface area contributed by atoms with E-state index in [1.54, 1.807) is 11.3 Å². The zero-order valence-electron chi connectivity index (χ0n) is 10.3. The fraction of sp³-hybridized carbons (Fsp3) is 0.286. The van der Waals surface area contributed by atoms with Crippen molar-refractivity contribution in [3.63, 3.8) is 0 Å². The molecule has 1 unspecified atom stereocenters. The number of aryl methyl sites for hydroxylation is 1. The zero-order valence-corrected chi connectivity index (χ0v) is 13.5. The molecule has 1 heterocycles. The molecule has 4 heteroatoms. The summed E-state index contributed by atoms with van der Waals surface area (Å²) in [5, 5.41) is 3.53. The first-order valence-electron chi connectivity index (χ1n) is 5.86. The first kappa shape index (κ1) is 14.1. The summed E-state index contributed by atoms with van der Waals surface area (Å²) in [4.78, 5) is 1.26. The Hall–Kier alpha value is -0.350. The van der Waals surface area contributed by atoms with Crippen molar-refractivity contribution in [1.29, 1.82) is 0 Å². The van der Waals surface area contributed by atoms with E-state index in [4.69, 9.17) is 11.6 Å². The molecule has 0 saturated carbocycles. The van der Waals surface area contributed by atoms with Crippen LogP contribution in [0.2, 0.25) is 4.34 Å². The quantitative estimate of drug-likeness (QED) is 0.806. The number of benzene rings is 1. The summed E-state index contributed by atoms with van der Waals surface area (Å²) in [6.45, 7) is 5.19. The summed E-state index contributed by atoms with van der Waals surface area (Å²) < 4.78 is 1.95. The molecule has 1 atom stereocenters. The Labute approximate surface area is 125 Å². The van der Waals surface area contributed by atoms with E-state index in [0.29, 0.717) is 0 Å². The molecular formula is C14H15BrClNS. The number of hydrogen-bond acceptors (Lipinski definition) is 2. The molecule has 0 fully saturated rings. The van der Waals surface area contributed by atoms with Gasteiger partial charge >= 0.3 is 0 Å². The molecule has 0 spiro atoms. The van der Waals surface area contributed by atoms with Gasteiger partial charge in [0.25, 0.3) is 0 Å². The van der Waals surface area contributed by atoms with Gasteiger partial charge in [0.1, 0.15) is 0 Å². The van der Waals surface area contributed by atoms with Crippen LogP contribution < -0.4 is 5.32 Å². The van der Waals surface area contributed by atoms with E-state index < -0.39 is 0 Å². The summed E-state index contributed by atoms with van der Waals surface area (Å²) in [7, 11) is 0. The molecule has 0 bridgehead atoms. The van der Waals surface area contributed by atoms with Gasteiger partial charge in [0.2, 0.25) is 0 Å². The molecule has 0 aliphatic rings. The summed E-state index contributed by atoms with van der Waals surface area (Å²) in [6, 6.07) is 10.7. The minimum Gasteiger partial charge on any atom is -0.306 e. The van der Waals surface area contributed by atoms with Crippen LogP contribution in [0.15, 0.2) is 34.8 Å². The maximum atomic E-state index is 6.04. The Morgan fingerprint density at radius 2 is 2.11 bits per heavy atom. The highest BCUT2D eigenvalue weighted by Crippen LogP contribution is 2.33. The van der Waals surface area contributed by atoms with Crippen LogP contribution in [-0.2, 0) is 0 Å². The van der Waals surface area contributed by atoms with Crippen molar-refractivity contribution in [2.45, 2.75) is 19.9 Å². The fourth-order valence-corrected chi connectivity index (χ4v) is 3.65. The van der Waals surface area contributed by atoms with Crippen LogP contribution in [-0.4, -0.2) is 6.54 Å². The summed E-state index contributed by atoms with van der Waals surface area (Å²) >= 11 is 11.2. The highest BCUT2D eigenvalue weighted by molar-refractivity contribution is 9.10. The van der Waals surface area contributed by atoms with E-state index in [0.717, 1.165) is 15.4 Å². The predicted molar refractivity (Wildman–Crippen MR) is 83.7 cm³/mol. The predicted octanol–water partition coefficient (Wildman–Crippen LogP) is 5.17. The second-order valence-corrected chi connectivity index (χ2v) is 6.80. The van der Waals surface area contributed by atoms with Crippen LogP contribution in [0.3, 0.4) is 0 Å². The van der Waals surface area contributed by atoms with Crippen LogP contribution >= 0.6 is 38.9 Å². The van der Waals surface area contributed by atoms with Crippen molar-refractivity contribution in [1.82, 2.24) is 5.32 Å². The Balaban J connectivity index is 2.41. The van der Waals surface area contributed by atoms with Gasteiger partial charge in [0.05, 0.1) is 10.4 Å². The molecule has 1 N–H and O–H groups in total. The van der Waals surface area contributed by atoms with E-state index >= 15 is 0 Å². The second kappa shape index (κ2) is 6.20. The third-order valence-electron chi connectivity index (χ3n) is 2.83. The van der Waals surface area contributed by atoms with Crippen molar-refractivity contribution in [2.75, 3.05) is 6.54 Å². The van der Waals surface area contributed by atoms with Gasteiger partial charge in [-0.1, -0.05) is 40.5 Å². The van der Waals surface area contributed by atoms with Crippen LogP contribution in [0.4, 0.5) is 0 Å². The van der Waals surface area contributed by atoms with Gasteiger partial charge in [0, 0.05) is 9.35 Å². The van der Waals surface area contributed by atoms with Gasteiger partial charge in [-0.15, -0.1) is 11.3 Å². The van der Waals surface area contributed by atoms with Gasteiger partial charge < -0.3 is 5.32 Å². The van der Waals surface area contributed by atoms with Crippen LogP contribution in [0.25, 0.3) is 0 Å². The maximum absolute atomic E-state index is 6.04. The molecule has 0 saturated heterocycles. The van der Waals surface area contributed by atoms with Crippen molar-refractivity contribution in [3.8, 4) is 0 Å². The van der Waals surface area contributed by atoms with E-state index in [-0.39, 0.29) is 6.04 Å². The molecule has 2 rings (SSSR count). The van der Waals surface area contributed by atoms with E-state index in [9.17, 15) is 0 Å². The molecule has 0 aliphatic heterocycles. The fourth-order valence-electron chi connectivity index (χ4n) is 2.01. The van der Waals surface area contributed by atoms with Gasteiger partial charge in [0.15, 0.2) is 0 Å². The lowest BCUT2D eigenvalue weighted by atomic mass is 10.00. The smallest absolute Gasteiger partial charge is 0.0931 e. The molecule has 1 aromatic carbocycles. The average Bonchev–Trinajstić information content (AvgIpc) is 2.73. The Morgan fingerprint density at radius 3 is 2.67 bits per heavy atom.